The maximum atomic E-state index is 12.4. The Balaban J connectivity index is 1.51. The van der Waals surface area contributed by atoms with E-state index in [0.717, 1.165) is 30.8 Å². The van der Waals surface area contributed by atoms with Crippen molar-refractivity contribution in [2.45, 2.75) is 25.3 Å². The highest BCUT2D eigenvalue weighted by atomic mass is 16.5. The highest BCUT2D eigenvalue weighted by Gasteiger charge is 2.41. The maximum Gasteiger partial charge on any atom is 0.285 e. The number of carbonyl (C=O) groups is 3. The Morgan fingerprint density at radius 1 is 1.19 bits per heavy atom. The quantitative estimate of drug-likeness (QED) is 0.555. The molecule has 3 fully saturated rings. The van der Waals surface area contributed by atoms with E-state index >= 15 is 0 Å². The van der Waals surface area contributed by atoms with Gasteiger partial charge in [0, 0.05) is 31.8 Å². The first-order valence-corrected chi connectivity index (χ1v) is 7.70. The minimum Gasteiger partial charge on any atom is -0.378 e. The molecule has 3 saturated heterocycles. The summed E-state index contributed by atoms with van der Waals surface area (Å²) in [6.07, 6.45) is 1.88. The fourth-order valence-corrected chi connectivity index (χ4v) is 3.51. The average Bonchev–Trinajstić information content (AvgIpc) is 2.86. The number of hydrogen-bond donors (Lipinski definition) is 2. The van der Waals surface area contributed by atoms with Crippen LogP contribution >= 0.6 is 0 Å². The van der Waals surface area contributed by atoms with Crippen LogP contribution in [0.5, 0.6) is 0 Å². The maximum absolute atomic E-state index is 12.4. The molecule has 116 valence electrons. The molecule has 1 atom stereocenters. The molecule has 0 unspecified atom stereocenters. The van der Waals surface area contributed by atoms with Crippen molar-refractivity contribution in [1.29, 1.82) is 0 Å². The lowest BCUT2D eigenvalue weighted by atomic mass is 9.94. The summed E-state index contributed by atoms with van der Waals surface area (Å²) in [6, 6.07) is -0.253. The van der Waals surface area contributed by atoms with E-state index in [-0.39, 0.29) is 36.1 Å². The van der Waals surface area contributed by atoms with Gasteiger partial charge in [-0.2, -0.15) is 0 Å². The number of rotatable bonds is 2. The molecule has 0 saturated carbocycles. The van der Waals surface area contributed by atoms with Crippen LogP contribution in [0, 0.1) is 5.92 Å². The fraction of sp³-hybridized carbons (Fsp3) is 0.786. The molecule has 0 aromatic heterocycles. The highest BCUT2D eigenvalue weighted by molar-refractivity contribution is 6.04. The number of ether oxygens (including phenoxy) is 1. The summed E-state index contributed by atoms with van der Waals surface area (Å²) in [5.74, 6) is -0.0479. The Hall–Kier alpha value is -1.47. The van der Waals surface area contributed by atoms with Crippen LogP contribution in [0.2, 0.25) is 0 Å². The van der Waals surface area contributed by atoms with Crippen LogP contribution in [0.4, 0.5) is 0 Å². The van der Waals surface area contributed by atoms with Crippen LogP contribution in [0.1, 0.15) is 19.3 Å². The zero-order chi connectivity index (χ0) is 14.8. The second-order valence-corrected chi connectivity index (χ2v) is 6.04. The van der Waals surface area contributed by atoms with Crippen molar-refractivity contribution in [3.63, 3.8) is 0 Å². The first-order valence-electron chi connectivity index (χ1n) is 7.70. The van der Waals surface area contributed by atoms with E-state index in [1.807, 2.05) is 4.90 Å². The molecule has 0 aliphatic carbocycles. The van der Waals surface area contributed by atoms with Crippen LogP contribution in [0.25, 0.3) is 0 Å². The molecule has 3 heterocycles. The molecule has 21 heavy (non-hydrogen) atoms. The minimum absolute atomic E-state index is 0.0621. The van der Waals surface area contributed by atoms with Gasteiger partial charge in [-0.3, -0.25) is 19.7 Å². The van der Waals surface area contributed by atoms with Gasteiger partial charge in [-0.1, -0.05) is 0 Å². The summed E-state index contributed by atoms with van der Waals surface area (Å²) in [6.45, 7) is 4.19. The SMILES string of the molecule is O=C1C[C@H]([NH+]2CCC(C(=O)N3CCOCC3)CC2)C(=O)N1. The molecule has 0 aromatic carbocycles. The van der Waals surface area contributed by atoms with E-state index in [1.165, 1.54) is 0 Å². The second-order valence-electron chi connectivity index (χ2n) is 6.04. The van der Waals surface area contributed by atoms with Crippen molar-refractivity contribution in [2.75, 3.05) is 39.4 Å². The summed E-state index contributed by atoms with van der Waals surface area (Å²) in [5, 5.41) is 2.36. The van der Waals surface area contributed by atoms with Crippen molar-refractivity contribution in [3.8, 4) is 0 Å². The van der Waals surface area contributed by atoms with Crippen molar-refractivity contribution >= 4 is 17.7 Å². The van der Waals surface area contributed by atoms with Crippen LogP contribution in [0.3, 0.4) is 0 Å². The van der Waals surface area contributed by atoms with Crippen molar-refractivity contribution in [2.24, 2.45) is 5.92 Å². The molecule has 0 aromatic rings. The van der Waals surface area contributed by atoms with E-state index in [0.29, 0.717) is 26.3 Å². The number of imide groups is 1. The van der Waals surface area contributed by atoms with Gasteiger partial charge in [-0.25, -0.2) is 0 Å². The van der Waals surface area contributed by atoms with Gasteiger partial charge < -0.3 is 14.5 Å². The van der Waals surface area contributed by atoms with Crippen LogP contribution in [-0.4, -0.2) is 68.1 Å². The first kappa shape index (κ1) is 14.5. The average molecular weight is 296 g/mol. The number of likely N-dealkylation sites (tertiary alicyclic amines) is 1. The zero-order valence-corrected chi connectivity index (χ0v) is 12.1. The van der Waals surface area contributed by atoms with E-state index in [2.05, 4.69) is 5.32 Å². The number of carbonyl (C=O) groups excluding carboxylic acids is 3. The number of nitrogens with zero attached hydrogens (tertiary/aromatic N) is 1. The van der Waals surface area contributed by atoms with E-state index < -0.39 is 0 Å². The van der Waals surface area contributed by atoms with E-state index in [9.17, 15) is 14.4 Å². The minimum atomic E-state index is -0.253. The third-order valence-corrected chi connectivity index (χ3v) is 4.76. The summed E-state index contributed by atoms with van der Waals surface area (Å²) < 4.78 is 5.27. The Morgan fingerprint density at radius 2 is 1.86 bits per heavy atom. The van der Waals surface area contributed by atoms with Gasteiger partial charge in [0.2, 0.25) is 11.8 Å². The van der Waals surface area contributed by atoms with E-state index in [4.69, 9.17) is 4.74 Å². The van der Waals surface area contributed by atoms with Gasteiger partial charge >= 0.3 is 0 Å². The monoisotopic (exact) mass is 296 g/mol. The second kappa shape index (κ2) is 6.11. The molecular formula is C14H22N3O4+. The lowest BCUT2D eigenvalue weighted by molar-refractivity contribution is -0.920. The molecule has 7 nitrogen and oxygen atoms in total. The van der Waals surface area contributed by atoms with Crippen LogP contribution in [-0.2, 0) is 19.1 Å². The molecule has 3 amide bonds. The number of amides is 3. The normalized spacial score (nSPS) is 33.9. The number of hydrogen-bond acceptors (Lipinski definition) is 4. The Labute approximate surface area is 123 Å². The zero-order valence-electron chi connectivity index (χ0n) is 12.1. The largest absolute Gasteiger partial charge is 0.378 e. The Kier molecular flexibility index (Phi) is 4.21. The smallest absolute Gasteiger partial charge is 0.285 e. The summed E-state index contributed by atoms with van der Waals surface area (Å²) in [7, 11) is 0. The third-order valence-electron chi connectivity index (χ3n) is 4.76. The predicted octanol–water partition coefficient (Wildman–Crippen LogP) is -2.44. The highest BCUT2D eigenvalue weighted by Crippen LogP contribution is 2.15. The molecule has 0 radical (unpaired) electrons. The number of quaternary nitrogens is 1. The van der Waals surface area contributed by atoms with Gasteiger partial charge in [0.05, 0.1) is 32.7 Å². The summed E-state index contributed by atoms with van der Waals surface area (Å²) in [4.78, 5) is 38.4. The van der Waals surface area contributed by atoms with Crippen molar-refractivity contribution in [1.82, 2.24) is 10.2 Å². The molecule has 3 aliphatic rings. The number of piperidine rings is 1. The van der Waals surface area contributed by atoms with E-state index in [1.54, 1.807) is 0 Å². The van der Waals surface area contributed by atoms with Crippen molar-refractivity contribution in [3.05, 3.63) is 0 Å². The Morgan fingerprint density at radius 3 is 2.43 bits per heavy atom. The third kappa shape index (κ3) is 3.08. The molecule has 0 bridgehead atoms. The van der Waals surface area contributed by atoms with Gasteiger partial charge in [-0.15, -0.1) is 0 Å². The molecule has 3 rings (SSSR count). The molecule has 2 N–H and O–H groups in total. The van der Waals surface area contributed by atoms with Crippen molar-refractivity contribution < 1.29 is 24.0 Å². The molecular weight excluding hydrogens is 274 g/mol. The van der Waals surface area contributed by atoms with Gasteiger partial charge in [0.15, 0.2) is 6.04 Å². The standard InChI is InChI=1S/C14H21N3O4/c18-12-9-11(13(19)15-12)16-3-1-10(2-4-16)14(20)17-5-7-21-8-6-17/h10-11H,1-9H2,(H,15,18,19)/p+1/t11-/m0/s1. The fourth-order valence-electron chi connectivity index (χ4n) is 3.51. The number of morpholine rings is 1. The van der Waals surface area contributed by atoms with Crippen LogP contribution in [0.15, 0.2) is 0 Å². The number of nitrogens with one attached hydrogen (secondary N) is 2. The van der Waals surface area contributed by atoms with Gasteiger partial charge in [0.1, 0.15) is 0 Å². The first-order chi connectivity index (χ1) is 10.1. The van der Waals surface area contributed by atoms with Gasteiger partial charge in [0.25, 0.3) is 5.91 Å². The summed E-state index contributed by atoms with van der Waals surface area (Å²) >= 11 is 0. The topological polar surface area (TPSA) is 80.2 Å². The lowest BCUT2D eigenvalue weighted by Crippen LogP contribution is -3.17. The van der Waals surface area contributed by atoms with Gasteiger partial charge in [-0.05, 0) is 0 Å². The molecule has 7 heteroatoms. The molecule has 3 aliphatic heterocycles. The summed E-state index contributed by atoms with van der Waals surface area (Å²) in [5.41, 5.74) is 0. The van der Waals surface area contributed by atoms with Crippen LogP contribution < -0.4 is 10.2 Å². The predicted molar refractivity (Wildman–Crippen MR) is 72.4 cm³/mol. The molecule has 0 spiro atoms. The lowest BCUT2D eigenvalue weighted by Gasteiger charge is -2.35. The Bertz CT molecular complexity index is 440.